The molecule has 2 aromatic heterocycles. The molecule has 0 fully saturated rings. The van der Waals surface area contributed by atoms with Crippen molar-refractivity contribution in [2.24, 2.45) is 0 Å². The lowest BCUT2D eigenvalue weighted by molar-refractivity contribution is 0.0965. The molecule has 3 nitrogen and oxygen atoms in total. The second-order valence-electron chi connectivity index (χ2n) is 7.46. The third kappa shape index (κ3) is 2.73. The number of anilines is 1. The van der Waals surface area contributed by atoms with Gasteiger partial charge in [0, 0.05) is 21.2 Å². The molecule has 0 radical (unpaired) electrons. The molecule has 1 aliphatic heterocycles. The summed E-state index contributed by atoms with van der Waals surface area (Å²) in [6, 6.07) is 13.6. The number of carbonyl (C=O) groups is 1. The number of rotatable bonds is 2. The number of ether oxygens (including phenoxy) is 1. The molecule has 0 saturated carbocycles. The van der Waals surface area contributed by atoms with Gasteiger partial charge in [0.05, 0.1) is 28.2 Å². The lowest BCUT2D eigenvalue weighted by Gasteiger charge is -2.43. The van der Waals surface area contributed by atoms with E-state index in [9.17, 15) is 4.79 Å². The molecular weight excluding hydrogens is 474 g/mol. The summed E-state index contributed by atoms with van der Waals surface area (Å²) in [5.74, 6) is 0.509. The first kappa shape index (κ1) is 20.2. The summed E-state index contributed by atoms with van der Waals surface area (Å²) in [6.07, 6.45) is 0. The molecule has 30 heavy (non-hydrogen) atoms. The zero-order valence-electron chi connectivity index (χ0n) is 16.3. The van der Waals surface area contributed by atoms with Gasteiger partial charge in [-0.3, -0.25) is 9.69 Å². The molecule has 2 aromatic carbocycles. The highest BCUT2D eigenvalue weighted by atomic mass is 35.5. The van der Waals surface area contributed by atoms with Crippen LogP contribution in [0, 0.1) is 3.82 Å². The maximum atomic E-state index is 14.0. The number of halogens is 1. The number of fused-ring (bicyclic) bond motifs is 4. The molecule has 0 aliphatic carbocycles. The molecule has 5 rings (SSSR count). The van der Waals surface area contributed by atoms with Crippen LogP contribution in [0.1, 0.15) is 28.4 Å². The fraction of sp³-hybridized carbons (Fsp3) is 0.182. The average molecular weight is 490 g/mol. The van der Waals surface area contributed by atoms with Gasteiger partial charge in [0.1, 0.15) is 14.5 Å². The third-order valence-corrected chi connectivity index (χ3v) is 10.4. The predicted octanol–water partition coefficient (Wildman–Crippen LogP) is 7.98. The van der Waals surface area contributed by atoms with Gasteiger partial charge in [-0.25, -0.2) is 0 Å². The summed E-state index contributed by atoms with van der Waals surface area (Å²) in [5, 5.41) is 1.39. The zero-order chi connectivity index (χ0) is 21.2. The first-order chi connectivity index (χ1) is 14.4. The molecule has 0 unspecified atom stereocenters. The van der Waals surface area contributed by atoms with E-state index in [1.807, 2.05) is 47.4 Å². The summed E-state index contributed by atoms with van der Waals surface area (Å²) < 4.78 is 7.52. The fourth-order valence-electron chi connectivity index (χ4n) is 4.00. The average Bonchev–Trinajstić information content (AvgIpc) is 3.29. The summed E-state index contributed by atoms with van der Waals surface area (Å²) in [4.78, 5) is 17.5. The first-order valence-corrected chi connectivity index (χ1v) is 12.9. The van der Waals surface area contributed by atoms with E-state index < -0.39 is 5.54 Å². The highest BCUT2D eigenvalue weighted by Crippen LogP contribution is 2.55. The number of para-hydroxylation sites is 1. The van der Waals surface area contributed by atoms with E-state index >= 15 is 0 Å². The van der Waals surface area contributed by atoms with Gasteiger partial charge >= 0.3 is 0 Å². The lowest BCUT2D eigenvalue weighted by Crippen LogP contribution is -2.47. The van der Waals surface area contributed by atoms with E-state index in [1.54, 1.807) is 27.8 Å². The monoisotopic (exact) mass is 489 g/mol. The van der Waals surface area contributed by atoms with Gasteiger partial charge in [-0.05, 0) is 26.0 Å². The number of hydrogen-bond donors (Lipinski definition) is 0. The van der Waals surface area contributed by atoms with Crippen molar-refractivity contribution in [2.75, 3.05) is 12.0 Å². The Kier molecular flexibility index (Phi) is 4.79. The van der Waals surface area contributed by atoms with Crippen molar-refractivity contribution in [3.8, 4) is 16.9 Å². The third-order valence-electron chi connectivity index (χ3n) is 5.39. The van der Waals surface area contributed by atoms with Crippen LogP contribution in [0.4, 0.5) is 5.69 Å². The SMILES string of the molecule is COc1cccc2c1N(C(=O)c1sc3ccccc3c1Cl)C(C)(C)c1ssc(=S)c1-2. The van der Waals surface area contributed by atoms with Crippen molar-refractivity contribution in [3.05, 3.63) is 61.1 Å². The summed E-state index contributed by atoms with van der Waals surface area (Å²) in [6.45, 7) is 4.11. The van der Waals surface area contributed by atoms with Crippen molar-refractivity contribution in [1.29, 1.82) is 0 Å². The second kappa shape index (κ2) is 7.14. The standard InChI is InChI=1S/C22H16ClNO2S4/c1-22(2)19-15(21(27)30-29-19)12-8-6-9-13(26-3)17(12)24(22)20(25)18-16(23)11-7-4-5-10-14(11)28-18/h4-10H,1-3H3. The molecule has 3 heterocycles. The van der Waals surface area contributed by atoms with Crippen molar-refractivity contribution >= 4 is 77.5 Å². The van der Waals surface area contributed by atoms with Gasteiger partial charge in [0.2, 0.25) is 0 Å². The van der Waals surface area contributed by atoms with Crippen LogP contribution in [0.2, 0.25) is 5.02 Å². The van der Waals surface area contributed by atoms with E-state index in [4.69, 9.17) is 28.6 Å². The van der Waals surface area contributed by atoms with Crippen LogP contribution < -0.4 is 9.64 Å². The molecule has 0 bridgehead atoms. The molecule has 0 N–H and O–H groups in total. The Labute approximate surface area is 195 Å². The van der Waals surface area contributed by atoms with E-state index in [2.05, 4.69) is 13.8 Å². The van der Waals surface area contributed by atoms with E-state index in [0.29, 0.717) is 15.6 Å². The number of nitrogens with zero attached hydrogens (tertiary/aromatic N) is 1. The smallest absolute Gasteiger partial charge is 0.270 e. The van der Waals surface area contributed by atoms with Gasteiger partial charge in [-0.1, -0.05) is 74.8 Å². The van der Waals surface area contributed by atoms with Gasteiger partial charge in [0.25, 0.3) is 5.91 Å². The van der Waals surface area contributed by atoms with Gasteiger partial charge in [-0.2, -0.15) is 0 Å². The number of amides is 1. The van der Waals surface area contributed by atoms with Crippen LogP contribution >= 0.6 is 55.8 Å². The first-order valence-electron chi connectivity index (χ1n) is 9.18. The maximum absolute atomic E-state index is 14.0. The van der Waals surface area contributed by atoms with Crippen LogP contribution in [-0.2, 0) is 5.54 Å². The number of benzene rings is 2. The Balaban J connectivity index is 1.80. The Morgan fingerprint density at radius 2 is 1.90 bits per heavy atom. The molecule has 0 saturated heterocycles. The minimum absolute atomic E-state index is 0.132. The summed E-state index contributed by atoms with van der Waals surface area (Å²) in [5.41, 5.74) is 2.10. The minimum atomic E-state index is -0.605. The van der Waals surface area contributed by atoms with Gasteiger partial charge in [0.15, 0.2) is 0 Å². The van der Waals surface area contributed by atoms with Crippen molar-refractivity contribution in [3.63, 3.8) is 0 Å². The molecule has 8 heteroatoms. The topological polar surface area (TPSA) is 29.5 Å². The van der Waals surface area contributed by atoms with Crippen LogP contribution in [0.25, 0.3) is 21.2 Å². The van der Waals surface area contributed by atoms with Crippen LogP contribution in [0.15, 0.2) is 42.5 Å². The Morgan fingerprint density at radius 1 is 1.13 bits per heavy atom. The minimum Gasteiger partial charge on any atom is -0.495 e. The Bertz CT molecular complexity index is 1380. The maximum Gasteiger partial charge on any atom is 0.270 e. The number of hydrogen-bond acceptors (Lipinski definition) is 6. The normalized spacial score (nSPS) is 14.5. The fourth-order valence-corrected chi connectivity index (χ4v) is 8.73. The van der Waals surface area contributed by atoms with Crippen LogP contribution in [0.5, 0.6) is 5.75 Å². The summed E-state index contributed by atoms with van der Waals surface area (Å²) >= 11 is 13.8. The predicted molar refractivity (Wildman–Crippen MR) is 132 cm³/mol. The largest absolute Gasteiger partial charge is 0.495 e. The molecule has 0 spiro atoms. The highest BCUT2D eigenvalue weighted by Gasteiger charge is 2.45. The second-order valence-corrected chi connectivity index (χ2v) is 11.7. The Morgan fingerprint density at radius 3 is 2.63 bits per heavy atom. The highest BCUT2D eigenvalue weighted by molar-refractivity contribution is 7.80. The lowest BCUT2D eigenvalue weighted by atomic mass is 9.87. The van der Waals surface area contributed by atoms with Crippen molar-refractivity contribution < 1.29 is 9.53 Å². The number of carbonyl (C=O) groups excluding carboxylic acids is 1. The van der Waals surface area contributed by atoms with Crippen LogP contribution in [0.3, 0.4) is 0 Å². The van der Waals surface area contributed by atoms with Crippen molar-refractivity contribution in [2.45, 2.75) is 19.4 Å². The zero-order valence-corrected chi connectivity index (χ0v) is 20.3. The molecule has 1 amide bonds. The van der Waals surface area contributed by atoms with E-state index in [1.165, 1.54) is 11.3 Å². The van der Waals surface area contributed by atoms with Gasteiger partial charge < -0.3 is 4.74 Å². The molecule has 4 aromatic rings. The van der Waals surface area contributed by atoms with Gasteiger partial charge in [-0.15, -0.1) is 11.3 Å². The summed E-state index contributed by atoms with van der Waals surface area (Å²) in [7, 11) is 4.83. The molecule has 0 atom stereocenters. The molecule has 152 valence electrons. The van der Waals surface area contributed by atoms with E-state index in [0.717, 1.165) is 35.6 Å². The Hall–Kier alpha value is -1.77. The van der Waals surface area contributed by atoms with Crippen molar-refractivity contribution in [1.82, 2.24) is 0 Å². The number of thiophene rings is 1. The van der Waals surface area contributed by atoms with Crippen LogP contribution in [-0.4, -0.2) is 13.0 Å². The van der Waals surface area contributed by atoms with E-state index in [-0.39, 0.29) is 5.91 Å². The number of methoxy groups -OCH3 is 1. The molecule has 1 aliphatic rings. The quantitative estimate of drug-likeness (QED) is 0.211. The molecular formula is C22H16ClNO2S4.